The Bertz CT molecular complexity index is 325. The largest absolute Gasteiger partial charge is 0.650 e. The van der Waals surface area contributed by atoms with Gasteiger partial charge in [-0.25, -0.2) is 0 Å². The predicted octanol–water partition coefficient (Wildman–Crippen LogP) is 0.0100. The molecular weight excluding hydrogens is 203 g/mol. The Hall–Kier alpha value is -1.19. The Balaban J connectivity index is 2.78. The van der Waals surface area contributed by atoms with Crippen LogP contribution >= 0.6 is 0 Å². The Labute approximate surface area is 84.8 Å². The number of amides is 4. The maximum atomic E-state index is 11.4. The van der Waals surface area contributed by atoms with Gasteiger partial charge in [0.05, 0.1) is 0 Å². The van der Waals surface area contributed by atoms with Crippen LogP contribution in [0.3, 0.4) is 0 Å². The van der Waals surface area contributed by atoms with Gasteiger partial charge in [0, 0.05) is 21.0 Å². The molecule has 0 aromatic carbocycles. The van der Waals surface area contributed by atoms with Crippen LogP contribution in [0.15, 0.2) is 0 Å². The van der Waals surface area contributed by atoms with Gasteiger partial charge >= 0.3 is 14.1 Å². The van der Waals surface area contributed by atoms with E-state index in [2.05, 4.69) is 0 Å². The second-order valence-corrected chi connectivity index (χ2v) is 5.43. The molecule has 14 heavy (non-hydrogen) atoms. The molecule has 74 valence electrons. The van der Waals surface area contributed by atoms with Crippen LogP contribution in [0.4, 0.5) is 14.4 Å². The number of hydrogen-bond acceptors (Lipinski definition) is 4. The molecule has 0 bridgehead atoms. The molecule has 0 aromatic rings. The van der Waals surface area contributed by atoms with Crippen LogP contribution < -0.4 is 0 Å². The maximum absolute atomic E-state index is 11.4. The zero-order chi connectivity index (χ0) is 11.0. The van der Waals surface area contributed by atoms with Crippen LogP contribution in [0.2, 0.25) is 0 Å². The Morgan fingerprint density at radius 3 is 2.07 bits per heavy atom. The summed E-state index contributed by atoms with van der Waals surface area (Å²) in [5.74, 6) is -0.461. The smallest absolute Gasteiger partial charge is 0.316 e. The molecule has 0 unspecified atom stereocenters. The van der Waals surface area contributed by atoms with Gasteiger partial charge in [0.2, 0.25) is 5.91 Å². The lowest BCUT2D eigenvalue weighted by Crippen LogP contribution is -2.68. The van der Waals surface area contributed by atoms with E-state index in [0.717, 1.165) is 9.80 Å². The van der Waals surface area contributed by atoms with Gasteiger partial charge in [-0.2, -0.15) is 0 Å². The van der Waals surface area contributed by atoms with Crippen LogP contribution in [-0.2, 0) is 4.79 Å². The van der Waals surface area contributed by atoms with Crippen LogP contribution in [-0.4, -0.2) is 58.3 Å². The van der Waals surface area contributed by atoms with E-state index < -0.39 is 34.4 Å². The van der Waals surface area contributed by atoms with Crippen molar-refractivity contribution in [1.29, 1.82) is 0 Å². The normalized spacial score (nSPS) is 15.4. The summed E-state index contributed by atoms with van der Waals surface area (Å²) in [4.78, 5) is 46.3. The van der Waals surface area contributed by atoms with Gasteiger partial charge in [-0.1, -0.05) is 0 Å². The number of imide groups is 2. The van der Waals surface area contributed by atoms with Crippen molar-refractivity contribution < 1.29 is 19.2 Å². The van der Waals surface area contributed by atoms with Crippen molar-refractivity contribution in [2.24, 2.45) is 0 Å². The van der Waals surface area contributed by atoms with E-state index in [1.165, 1.54) is 21.0 Å². The molecule has 0 aliphatic carbocycles. The number of carbonyl (C=O) groups is 4. The molecule has 0 radical (unpaired) electrons. The summed E-state index contributed by atoms with van der Waals surface area (Å²) in [7, 11) is 2.60. The van der Waals surface area contributed by atoms with Crippen molar-refractivity contribution in [3.63, 3.8) is 0 Å². The zero-order valence-corrected chi connectivity index (χ0v) is 9.26. The fourth-order valence-corrected chi connectivity index (χ4v) is 3.12. The first-order valence-corrected chi connectivity index (χ1v) is 5.70. The van der Waals surface area contributed by atoms with Gasteiger partial charge in [-0.15, -0.1) is 0 Å². The molecule has 0 atom stereocenters. The lowest BCUT2D eigenvalue weighted by atomic mass is 10.6. The van der Waals surface area contributed by atoms with Gasteiger partial charge in [-0.05, 0) is 0 Å². The molecule has 6 nitrogen and oxygen atoms in total. The molecule has 1 aliphatic heterocycles. The summed E-state index contributed by atoms with van der Waals surface area (Å²) < 4.78 is -1.47. The van der Waals surface area contributed by atoms with E-state index in [1.807, 2.05) is 0 Å². The minimum Gasteiger partial charge on any atom is -0.316 e. The molecule has 1 aliphatic rings. The molecule has 1 fully saturated rings. The van der Waals surface area contributed by atoms with E-state index >= 15 is 0 Å². The van der Waals surface area contributed by atoms with Gasteiger partial charge < -0.3 is 9.80 Å². The third kappa shape index (κ3) is 1.45. The number of carbonyl (C=O) groups excluding carboxylic acids is 4. The third-order valence-corrected chi connectivity index (χ3v) is 4.85. The van der Waals surface area contributed by atoms with Crippen molar-refractivity contribution >= 4 is 34.4 Å². The average molecular weight is 212 g/mol. The van der Waals surface area contributed by atoms with Crippen LogP contribution in [0.25, 0.3) is 0 Å². The van der Waals surface area contributed by atoms with E-state index in [4.69, 9.17) is 0 Å². The first-order valence-electron chi connectivity index (χ1n) is 3.97. The highest BCUT2D eigenvalue weighted by atomic mass is 27.2. The molecule has 1 saturated heterocycles. The highest BCUT2D eigenvalue weighted by Gasteiger charge is 2.60. The lowest BCUT2D eigenvalue weighted by Gasteiger charge is -2.30. The molecule has 0 aromatic heterocycles. The Morgan fingerprint density at radius 2 is 1.71 bits per heavy atom. The fourth-order valence-electron chi connectivity index (χ4n) is 1.10. The number of nitrogens with zero attached hydrogens (tertiary/aromatic N) is 2. The highest BCUT2D eigenvalue weighted by molar-refractivity contribution is 7.32. The maximum Gasteiger partial charge on any atom is 0.650 e. The summed E-state index contributed by atoms with van der Waals surface area (Å²) >= 11 is -2.74. The lowest BCUT2D eigenvalue weighted by molar-refractivity contribution is -0.124. The first-order chi connectivity index (χ1) is 6.37. The molecule has 1 heterocycles. The summed E-state index contributed by atoms with van der Waals surface area (Å²) in [6.45, 7) is 1.21. The topological polar surface area (TPSA) is 74.8 Å². The van der Waals surface area contributed by atoms with E-state index in [-0.39, 0.29) is 0 Å². The fraction of sp³-hybridized carbons (Fsp3) is 0.429. The Kier molecular flexibility index (Phi) is 2.74. The minimum absolute atomic E-state index is 0.423. The van der Waals surface area contributed by atoms with Gasteiger partial charge in [0.15, 0.2) is 14.3 Å². The third-order valence-electron chi connectivity index (χ3n) is 2.20. The highest BCUT2D eigenvalue weighted by Crippen LogP contribution is 2.14. The predicted molar refractivity (Wildman–Crippen MR) is 48.1 cm³/mol. The molecule has 0 spiro atoms. The summed E-state index contributed by atoms with van der Waals surface area (Å²) in [5, 5.41) is 0. The van der Waals surface area contributed by atoms with E-state index in [9.17, 15) is 19.2 Å². The molecule has 7 heteroatoms. The van der Waals surface area contributed by atoms with Crippen molar-refractivity contribution in [3.05, 3.63) is 0 Å². The van der Waals surface area contributed by atoms with Crippen LogP contribution in [0, 0.1) is 0 Å². The quantitative estimate of drug-likeness (QED) is 0.574. The second-order valence-electron chi connectivity index (χ2n) is 3.08. The van der Waals surface area contributed by atoms with Crippen molar-refractivity contribution in [1.82, 2.24) is 9.80 Å². The van der Waals surface area contributed by atoms with E-state index in [0.29, 0.717) is 0 Å². The molecule has 4 amide bonds. The minimum atomic E-state index is -2.74. The van der Waals surface area contributed by atoms with Crippen molar-refractivity contribution in [2.75, 3.05) is 14.1 Å². The van der Waals surface area contributed by atoms with Gasteiger partial charge in [-0.3, -0.25) is 19.2 Å². The summed E-state index contributed by atoms with van der Waals surface area (Å²) in [5.41, 5.74) is 0. The van der Waals surface area contributed by atoms with Crippen molar-refractivity contribution in [3.8, 4) is 0 Å². The van der Waals surface area contributed by atoms with Crippen LogP contribution in [0.1, 0.15) is 6.92 Å². The first kappa shape index (κ1) is 10.9. The van der Waals surface area contributed by atoms with Crippen LogP contribution in [0.5, 0.6) is 0 Å². The molecule has 0 N–H and O–H groups in total. The SMILES string of the molecule is CC(=O)N(C)[C](=O)[Al]1[C](=O)N(C)[C]1=O. The number of hydrogen-bond donors (Lipinski definition) is 0. The summed E-state index contributed by atoms with van der Waals surface area (Å²) in [6.07, 6.45) is 0. The van der Waals surface area contributed by atoms with E-state index in [1.54, 1.807) is 0 Å². The van der Waals surface area contributed by atoms with Crippen molar-refractivity contribution in [2.45, 2.75) is 6.92 Å². The standard InChI is InChI=1S/C4H6NO2.C3H3NO2.Al/c1-4(7)5(2)3-6;1-4(2-5)3-6;/h1-2H3;1H3;. The molecule has 1 rings (SSSR count). The average Bonchev–Trinajstić information content (AvgIpc) is 2.15. The monoisotopic (exact) mass is 212 g/mol. The van der Waals surface area contributed by atoms with Gasteiger partial charge in [0.1, 0.15) is 0 Å². The second kappa shape index (κ2) is 3.52. The summed E-state index contributed by atoms with van der Waals surface area (Å²) in [6, 6.07) is 0. The molecular formula is C7H9AlN2O4. The Morgan fingerprint density at radius 1 is 1.29 bits per heavy atom. The zero-order valence-electron chi connectivity index (χ0n) is 8.10. The number of rotatable bonds is 1. The molecule has 0 saturated carbocycles. The van der Waals surface area contributed by atoms with Gasteiger partial charge in [0.25, 0.3) is 0 Å².